The molecule has 2 aliphatic rings. The molecular weight excluding hydrogens is 431 g/mol. The van der Waals surface area contributed by atoms with Crippen LogP contribution >= 0.6 is 0 Å². The standard InChI is InChI=1S/C24H22F3N5O/c1-14-8-17(22(30-11-14)18-4-2-3-7-28-18)23(33)32-13-15-9-19(20(32)10-15)31-21-6-5-16(12-29-21)24(25,26)27/h2-8,11-12,15,19-20H,9-10,13H2,1H3,(H,29,31). The molecule has 6 nitrogen and oxygen atoms in total. The van der Waals surface area contributed by atoms with Crippen molar-refractivity contribution in [1.82, 2.24) is 19.9 Å². The molecule has 1 saturated heterocycles. The van der Waals surface area contributed by atoms with Gasteiger partial charge in [-0.15, -0.1) is 0 Å². The number of likely N-dealkylation sites (tertiary alicyclic amines) is 1. The summed E-state index contributed by atoms with van der Waals surface area (Å²) in [7, 11) is 0. The summed E-state index contributed by atoms with van der Waals surface area (Å²) < 4.78 is 38.5. The van der Waals surface area contributed by atoms with Crippen molar-refractivity contribution in [2.24, 2.45) is 5.92 Å². The van der Waals surface area contributed by atoms with E-state index in [1.54, 1.807) is 12.4 Å². The van der Waals surface area contributed by atoms with E-state index in [1.165, 1.54) is 6.07 Å². The Bertz CT molecular complexity index is 1170. The Morgan fingerprint density at radius 3 is 2.61 bits per heavy atom. The number of aryl methyl sites for hydroxylation is 1. The molecule has 1 saturated carbocycles. The van der Waals surface area contributed by atoms with Crippen LogP contribution in [0.2, 0.25) is 0 Å². The predicted octanol–water partition coefficient (Wildman–Crippen LogP) is 4.58. The first-order valence-electron chi connectivity index (χ1n) is 10.8. The van der Waals surface area contributed by atoms with Crippen LogP contribution in [0.25, 0.3) is 11.4 Å². The van der Waals surface area contributed by atoms with Crippen LogP contribution in [-0.2, 0) is 6.18 Å². The molecule has 9 heteroatoms. The Morgan fingerprint density at radius 1 is 1.09 bits per heavy atom. The molecule has 4 heterocycles. The Hall–Kier alpha value is -3.49. The first-order valence-corrected chi connectivity index (χ1v) is 10.8. The van der Waals surface area contributed by atoms with Gasteiger partial charge in [0.15, 0.2) is 0 Å². The molecule has 2 fully saturated rings. The van der Waals surface area contributed by atoms with Crippen LogP contribution in [0.3, 0.4) is 0 Å². The number of hydrogen-bond acceptors (Lipinski definition) is 5. The zero-order valence-electron chi connectivity index (χ0n) is 17.9. The summed E-state index contributed by atoms with van der Waals surface area (Å²) in [6.45, 7) is 2.54. The molecule has 3 aromatic rings. The Morgan fingerprint density at radius 2 is 1.94 bits per heavy atom. The number of nitrogens with one attached hydrogen (secondary N) is 1. The van der Waals surface area contributed by atoms with Crippen LogP contribution in [0.15, 0.2) is 55.0 Å². The van der Waals surface area contributed by atoms with Crippen LogP contribution in [-0.4, -0.2) is 44.4 Å². The summed E-state index contributed by atoms with van der Waals surface area (Å²) in [5, 5.41) is 3.24. The summed E-state index contributed by atoms with van der Waals surface area (Å²) in [4.78, 5) is 28.3. The minimum absolute atomic E-state index is 0.0660. The number of pyridine rings is 3. The van der Waals surface area contributed by atoms with Gasteiger partial charge in [0.05, 0.1) is 22.9 Å². The molecule has 5 rings (SSSR count). The number of fused-ring (bicyclic) bond motifs is 2. The van der Waals surface area contributed by atoms with Gasteiger partial charge >= 0.3 is 6.18 Å². The molecule has 1 N–H and O–H groups in total. The van der Waals surface area contributed by atoms with Crippen molar-refractivity contribution >= 4 is 11.7 Å². The number of carbonyl (C=O) groups excluding carboxylic acids is 1. The smallest absolute Gasteiger partial charge is 0.365 e. The van der Waals surface area contributed by atoms with E-state index in [0.717, 1.165) is 30.7 Å². The van der Waals surface area contributed by atoms with Gasteiger partial charge in [0.1, 0.15) is 11.5 Å². The van der Waals surface area contributed by atoms with Crippen molar-refractivity contribution in [2.45, 2.75) is 38.0 Å². The summed E-state index contributed by atoms with van der Waals surface area (Å²) in [5.41, 5.74) is 1.78. The van der Waals surface area contributed by atoms with Crippen LogP contribution in [0.5, 0.6) is 0 Å². The SMILES string of the molecule is Cc1cnc(-c2ccccn2)c(C(=O)N2CC3CC(Nc4ccc(C(F)(F)F)cn4)C2C3)c1. The van der Waals surface area contributed by atoms with Gasteiger partial charge in [-0.3, -0.25) is 14.8 Å². The number of amides is 1. The first-order chi connectivity index (χ1) is 15.8. The molecular formula is C24H22F3N5O. The van der Waals surface area contributed by atoms with Gasteiger partial charge in [0, 0.05) is 31.2 Å². The van der Waals surface area contributed by atoms with Crippen LogP contribution in [0.4, 0.5) is 19.0 Å². The lowest BCUT2D eigenvalue weighted by Gasteiger charge is -2.34. The zero-order chi connectivity index (χ0) is 23.2. The maximum absolute atomic E-state index is 13.6. The fraction of sp³-hybridized carbons (Fsp3) is 0.333. The normalized spacial score (nSPS) is 21.9. The highest BCUT2D eigenvalue weighted by molar-refractivity contribution is 6.00. The Balaban J connectivity index is 1.37. The number of aromatic nitrogens is 3. The number of alkyl halides is 3. The zero-order valence-corrected chi connectivity index (χ0v) is 17.9. The van der Waals surface area contributed by atoms with Gasteiger partial charge in [-0.2, -0.15) is 13.2 Å². The molecule has 1 aliphatic heterocycles. The van der Waals surface area contributed by atoms with E-state index in [1.807, 2.05) is 36.1 Å². The van der Waals surface area contributed by atoms with E-state index in [0.29, 0.717) is 35.2 Å². The lowest BCUT2D eigenvalue weighted by molar-refractivity contribution is -0.137. The van der Waals surface area contributed by atoms with E-state index in [-0.39, 0.29) is 18.0 Å². The number of rotatable bonds is 4. The van der Waals surface area contributed by atoms with E-state index < -0.39 is 11.7 Å². The van der Waals surface area contributed by atoms with Crippen molar-refractivity contribution in [3.8, 4) is 11.4 Å². The number of anilines is 1. The fourth-order valence-corrected chi connectivity index (χ4v) is 4.84. The van der Waals surface area contributed by atoms with E-state index in [2.05, 4.69) is 20.3 Å². The van der Waals surface area contributed by atoms with Crippen molar-refractivity contribution < 1.29 is 18.0 Å². The molecule has 170 valence electrons. The summed E-state index contributed by atoms with van der Waals surface area (Å²) in [6.07, 6.45) is 1.49. The lowest BCUT2D eigenvalue weighted by Crippen LogP contribution is -2.48. The molecule has 2 bridgehead atoms. The van der Waals surface area contributed by atoms with Crippen molar-refractivity contribution in [3.05, 3.63) is 71.7 Å². The molecule has 0 spiro atoms. The van der Waals surface area contributed by atoms with Gasteiger partial charge in [-0.25, -0.2) is 4.98 Å². The molecule has 1 amide bonds. The number of carbonyl (C=O) groups is 1. The van der Waals surface area contributed by atoms with Gasteiger partial charge < -0.3 is 10.2 Å². The number of halogens is 3. The quantitative estimate of drug-likeness (QED) is 0.626. The van der Waals surface area contributed by atoms with Crippen molar-refractivity contribution in [1.29, 1.82) is 0 Å². The third-order valence-electron chi connectivity index (χ3n) is 6.33. The number of hydrogen-bond donors (Lipinski definition) is 1. The average Bonchev–Trinajstić information content (AvgIpc) is 3.39. The molecule has 3 unspecified atom stereocenters. The highest BCUT2D eigenvalue weighted by Gasteiger charge is 2.47. The van der Waals surface area contributed by atoms with Crippen LogP contribution in [0, 0.1) is 12.8 Å². The second-order valence-corrected chi connectivity index (χ2v) is 8.67. The largest absolute Gasteiger partial charge is 0.417 e. The maximum atomic E-state index is 13.6. The Labute approximate surface area is 188 Å². The topological polar surface area (TPSA) is 71.0 Å². The molecule has 0 radical (unpaired) electrons. The molecule has 1 aliphatic carbocycles. The second-order valence-electron chi connectivity index (χ2n) is 8.67. The average molecular weight is 453 g/mol. The number of nitrogens with zero attached hydrogens (tertiary/aromatic N) is 4. The molecule has 3 aromatic heterocycles. The summed E-state index contributed by atoms with van der Waals surface area (Å²) >= 11 is 0. The van der Waals surface area contributed by atoms with E-state index in [9.17, 15) is 18.0 Å². The van der Waals surface area contributed by atoms with Crippen molar-refractivity contribution in [3.63, 3.8) is 0 Å². The van der Waals surface area contributed by atoms with Crippen molar-refractivity contribution in [2.75, 3.05) is 11.9 Å². The highest BCUT2D eigenvalue weighted by atomic mass is 19.4. The first kappa shape index (κ1) is 21.4. The lowest BCUT2D eigenvalue weighted by atomic mass is 10.0. The van der Waals surface area contributed by atoms with Gasteiger partial charge in [0.2, 0.25) is 0 Å². The van der Waals surface area contributed by atoms with Crippen LogP contribution < -0.4 is 5.32 Å². The third kappa shape index (κ3) is 4.15. The predicted molar refractivity (Wildman–Crippen MR) is 116 cm³/mol. The minimum atomic E-state index is -4.42. The molecule has 33 heavy (non-hydrogen) atoms. The monoisotopic (exact) mass is 453 g/mol. The number of piperidine rings is 1. The highest BCUT2D eigenvalue weighted by Crippen LogP contribution is 2.40. The van der Waals surface area contributed by atoms with Crippen LogP contribution in [0.1, 0.15) is 34.3 Å². The van der Waals surface area contributed by atoms with Gasteiger partial charge in [0.25, 0.3) is 5.91 Å². The van der Waals surface area contributed by atoms with E-state index in [4.69, 9.17) is 0 Å². The minimum Gasteiger partial charge on any atom is -0.365 e. The maximum Gasteiger partial charge on any atom is 0.417 e. The Kier molecular flexibility index (Phi) is 5.26. The molecule has 0 aromatic carbocycles. The van der Waals surface area contributed by atoms with Gasteiger partial charge in [-0.1, -0.05) is 6.07 Å². The summed E-state index contributed by atoms with van der Waals surface area (Å²) in [6, 6.07) is 9.54. The third-order valence-corrected chi connectivity index (χ3v) is 6.33. The van der Waals surface area contributed by atoms with Gasteiger partial charge in [-0.05, 0) is 61.6 Å². The second kappa shape index (κ2) is 8.13. The summed E-state index contributed by atoms with van der Waals surface area (Å²) in [5.74, 6) is 0.604. The molecule has 3 atom stereocenters. The fourth-order valence-electron chi connectivity index (χ4n) is 4.84. The van der Waals surface area contributed by atoms with E-state index >= 15 is 0 Å².